The first-order valence-corrected chi connectivity index (χ1v) is 3.53. The predicted molar refractivity (Wildman–Crippen MR) is 46.9 cm³/mol. The Morgan fingerprint density at radius 1 is 1.21 bits per heavy atom. The van der Waals surface area contributed by atoms with Gasteiger partial charge < -0.3 is 39.7 Å². The topological polar surface area (TPSA) is 49.9 Å². The molecule has 1 rings (SSSR count). The van der Waals surface area contributed by atoms with Gasteiger partial charge in [0.25, 0.3) is 0 Å². The van der Waals surface area contributed by atoms with Gasteiger partial charge in [-0.25, -0.2) is 0 Å². The Balaban J connectivity index is -0.000000403. The fourth-order valence-corrected chi connectivity index (χ4v) is 1.04. The summed E-state index contributed by atoms with van der Waals surface area (Å²) >= 11 is 0. The molecule has 0 aliphatic carbocycles. The second-order valence-electron chi connectivity index (χ2n) is 2.66. The normalized spacial score (nSPS) is 7.57. The first kappa shape index (κ1) is 20.0. The van der Waals surface area contributed by atoms with Gasteiger partial charge in [-0.1, -0.05) is 18.2 Å². The molecule has 0 spiro atoms. The monoisotopic (exact) mass is 396 g/mol. The first-order chi connectivity index (χ1) is 5.13. The molecule has 1 aromatic rings. The number of benzene rings is 1. The summed E-state index contributed by atoms with van der Waals surface area (Å²) in [6.07, 6.45) is 0. The van der Waals surface area contributed by atoms with E-state index in [1.807, 2.05) is 32.0 Å². The van der Waals surface area contributed by atoms with Crippen molar-refractivity contribution in [3.05, 3.63) is 34.9 Å². The van der Waals surface area contributed by atoms with Crippen molar-refractivity contribution < 1.29 is 60.2 Å². The number of amidine groups is 1. The van der Waals surface area contributed by atoms with Gasteiger partial charge in [0.2, 0.25) is 0 Å². The fraction of sp³-hybridized carbons (Fsp3) is 0.222. The smallest absolute Gasteiger partial charge is 1.00 e. The second-order valence-corrected chi connectivity index (χ2v) is 2.66. The largest absolute Gasteiger partial charge is 2.00 e. The molecular weight excluding hydrogens is 387 g/mol. The van der Waals surface area contributed by atoms with Gasteiger partial charge in [-0.15, -0.1) is 0 Å². The molecule has 1 aromatic carbocycles. The zero-order valence-corrected chi connectivity index (χ0v) is 13.7. The molecule has 0 aromatic heterocycles. The molecule has 0 atom stereocenters. The van der Waals surface area contributed by atoms with Crippen molar-refractivity contribution in [2.24, 2.45) is 5.73 Å². The minimum atomic E-state index is 0. The average molecular weight is 399 g/mol. The van der Waals surface area contributed by atoms with Gasteiger partial charge in [0.15, 0.2) is 0 Å². The van der Waals surface area contributed by atoms with E-state index in [4.69, 9.17) is 11.1 Å². The quantitative estimate of drug-likeness (QED) is 0.364. The molecule has 0 fully saturated rings. The number of halogens is 2. The van der Waals surface area contributed by atoms with Gasteiger partial charge >= 0.3 is 26.2 Å². The van der Waals surface area contributed by atoms with Crippen molar-refractivity contribution in [2.45, 2.75) is 13.8 Å². The summed E-state index contributed by atoms with van der Waals surface area (Å²) in [4.78, 5) is 0. The number of aryl methyl sites for hydroxylation is 1. The predicted octanol–water partition coefficient (Wildman–Crippen LogP) is -4.41. The number of hydrogen-bond acceptors (Lipinski definition) is 1. The van der Waals surface area contributed by atoms with Crippen molar-refractivity contribution in [2.75, 3.05) is 0 Å². The summed E-state index contributed by atoms with van der Waals surface area (Å²) < 4.78 is 0. The molecule has 0 unspecified atom stereocenters. The van der Waals surface area contributed by atoms with Crippen LogP contribution in [0.3, 0.4) is 0 Å². The molecule has 0 saturated carbocycles. The molecule has 2 nitrogen and oxygen atoms in total. The Bertz CT molecular complexity index is 303. The van der Waals surface area contributed by atoms with Crippen LogP contribution in [0.5, 0.6) is 0 Å². The molecule has 3 N–H and O–H groups in total. The molecule has 0 aliphatic rings. The summed E-state index contributed by atoms with van der Waals surface area (Å²) in [5.74, 6) is 0.145. The summed E-state index contributed by atoms with van der Waals surface area (Å²) in [7, 11) is 0. The van der Waals surface area contributed by atoms with Crippen molar-refractivity contribution in [3.8, 4) is 0 Å². The van der Waals surface area contributed by atoms with Gasteiger partial charge in [-0.05, 0) is 25.0 Å². The number of nitrogens with one attached hydrogen (secondary N) is 1. The Morgan fingerprint density at radius 3 is 2.07 bits per heavy atom. The fourth-order valence-electron chi connectivity index (χ4n) is 1.04. The zero-order valence-electron chi connectivity index (χ0n) is 8.07. The van der Waals surface area contributed by atoms with Crippen LogP contribution in [0.2, 0.25) is 0 Å². The molecule has 0 heterocycles. The summed E-state index contributed by atoms with van der Waals surface area (Å²) in [5.41, 5.74) is 8.48. The van der Waals surface area contributed by atoms with Gasteiger partial charge in [0.1, 0.15) is 5.84 Å². The van der Waals surface area contributed by atoms with E-state index in [1.54, 1.807) is 0 Å². The third-order valence-corrected chi connectivity index (χ3v) is 1.89. The van der Waals surface area contributed by atoms with Crippen LogP contribution in [0.4, 0.5) is 0 Å². The number of nitrogen functional groups attached to an aromatic ring is 1. The van der Waals surface area contributed by atoms with Crippen LogP contribution in [0.1, 0.15) is 16.7 Å². The molecule has 76 valence electrons. The van der Waals surface area contributed by atoms with Crippen molar-refractivity contribution in [1.82, 2.24) is 0 Å². The van der Waals surface area contributed by atoms with E-state index in [0.717, 1.165) is 11.1 Å². The van der Waals surface area contributed by atoms with Crippen molar-refractivity contribution in [3.63, 3.8) is 0 Å². The molecular formula is C9H12Br2N2Zr. The Labute approximate surface area is 125 Å². The van der Waals surface area contributed by atoms with Crippen LogP contribution in [-0.2, 0) is 26.2 Å². The van der Waals surface area contributed by atoms with Crippen molar-refractivity contribution in [1.29, 1.82) is 5.41 Å². The molecule has 14 heavy (non-hydrogen) atoms. The Hall–Kier alpha value is 0.533. The van der Waals surface area contributed by atoms with E-state index < -0.39 is 0 Å². The van der Waals surface area contributed by atoms with Crippen LogP contribution in [0.15, 0.2) is 18.2 Å². The maximum absolute atomic E-state index is 7.25. The molecule has 0 amide bonds. The first-order valence-electron chi connectivity index (χ1n) is 3.53. The molecule has 0 saturated heterocycles. The Morgan fingerprint density at radius 2 is 1.71 bits per heavy atom. The zero-order chi connectivity index (χ0) is 8.43. The number of rotatable bonds is 1. The van der Waals surface area contributed by atoms with Gasteiger partial charge in [0, 0.05) is 5.56 Å². The van der Waals surface area contributed by atoms with Gasteiger partial charge in [-0.2, -0.15) is 0 Å². The maximum atomic E-state index is 7.25. The average Bonchev–Trinajstić information content (AvgIpc) is 1.94. The molecule has 0 aliphatic heterocycles. The maximum Gasteiger partial charge on any atom is 2.00 e. The van der Waals surface area contributed by atoms with Crippen LogP contribution < -0.4 is 39.7 Å². The van der Waals surface area contributed by atoms with Crippen LogP contribution >= 0.6 is 0 Å². The minimum Gasteiger partial charge on any atom is -1.00 e. The molecule has 0 bridgehead atoms. The van der Waals surface area contributed by atoms with Crippen LogP contribution in [0, 0.1) is 19.3 Å². The van der Waals surface area contributed by atoms with Gasteiger partial charge in [-0.3, -0.25) is 5.41 Å². The van der Waals surface area contributed by atoms with E-state index in [0.29, 0.717) is 0 Å². The standard InChI is InChI=1S/C9H12N2.2BrH.Zr/c1-6-4-3-5-8(7(6)2)9(10)11;;;/h3-5H,1-2H3,(H3,10,11);2*1H;/q;;;+2/p-2. The summed E-state index contributed by atoms with van der Waals surface area (Å²) in [6.45, 7) is 3.99. The molecule has 0 radical (unpaired) electrons. The van der Waals surface area contributed by atoms with Crippen LogP contribution in [0.25, 0.3) is 0 Å². The van der Waals surface area contributed by atoms with E-state index >= 15 is 0 Å². The second kappa shape index (κ2) is 8.81. The Kier molecular flexibility index (Phi) is 12.6. The van der Waals surface area contributed by atoms with E-state index in [2.05, 4.69) is 0 Å². The summed E-state index contributed by atoms with van der Waals surface area (Å²) in [6, 6.07) is 5.80. The van der Waals surface area contributed by atoms with Crippen molar-refractivity contribution >= 4 is 5.84 Å². The van der Waals surface area contributed by atoms with Crippen LogP contribution in [-0.4, -0.2) is 5.84 Å². The minimum absolute atomic E-state index is 0. The third kappa shape index (κ3) is 4.85. The molecule has 5 heteroatoms. The van der Waals surface area contributed by atoms with E-state index in [1.165, 1.54) is 5.56 Å². The SMILES string of the molecule is Cc1cccc(C(=N)N)c1C.[Br-].[Br-].[Zr+2]. The number of nitrogens with two attached hydrogens (primary N) is 1. The van der Waals surface area contributed by atoms with E-state index in [-0.39, 0.29) is 66.0 Å². The third-order valence-electron chi connectivity index (χ3n) is 1.89. The van der Waals surface area contributed by atoms with E-state index in [9.17, 15) is 0 Å². The summed E-state index contributed by atoms with van der Waals surface area (Å²) in [5, 5.41) is 7.25. The van der Waals surface area contributed by atoms with Gasteiger partial charge in [0.05, 0.1) is 0 Å². The number of hydrogen-bond donors (Lipinski definition) is 2.